The molecule has 0 heterocycles. The van der Waals surface area contributed by atoms with Gasteiger partial charge in [0.25, 0.3) is 0 Å². The van der Waals surface area contributed by atoms with Crippen LogP contribution in [0, 0.1) is 11.5 Å². The zero-order valence-corrected chi connectivity index (χ0v) is 7.52. The van der Waals surface area contributed by atoms with Crippen LogP contribution in [0.3, 0.4) is 0 Å². The SMILES string of the molecule is COc1ccccc1N(C#N)OC. The number of methoxy groups -OCH3 is 1. The van der Waals surface area contributed by atoms with Gasteiger partial charge in [0.15, 0.2) is 0 Å². The predicted molar refractivity (Wildman–Crippen MR) is 48.1 cm³/mol. The highest BCUT2D eigenvalue weighted by molar-refractivity contribution is 5.58. The molecule has 0 N–H and O–H groups in total. The minimum absolute atomic E-state index is 0.593. The van der Waals surface area contributed by atoms with Crippen LogP contribution in [-0.4, -0.2) is 14.2 Å². The molecule has 1 rings (SSSR count). The summed E-state index contributed by atoms with van der Waals surface area (Å²) in [5, 5.41) is 9.78. The van der Waals surface area contributed by atoms with Gasteiger partial charge >= 0.3 is 0 Å². The Morgan fingerprint density at radius 3 is 2.54 bits per heavy atom. The number of rotatable bonds is 3. The number of hydrogen-bond donors (Lipinski definition) is 0. The largest absolute Gasteiger partial charge is 0.494 e. The molecule has 13 heavy (non-hydrogen) atoms. The Labute approximate surface area is 76.9 Å². The Kier molecular flexibility index (Phi) is 3.12. The van der Waals surface area contributed by atoms with Crippen molar-refractivity contribution in [1.82, 2.24) is 0 Å². The van der Waals surface area contributed by atoms with E-state index in [9.17, 15) is 0 Å². The molecule has 0 saturated heterocycles. The molecular formula is C9H10N2O2. The molecule has 0 unspecified atom stereocenters. The molecule has 68 valence electrons. The fourth-order valence-electron chi connectivity index (χ4n) is 0.991. The highest BCUT2D eigenvalue weighted by Crippen LogP contribution is 2.26. The molecule has 0 saturated carbocycles. The number of benzene rings is 1. The molecule has 0 bridgehead atoms. The first kappa shape index (κ1) is 9.36. The monoisotopic (exact) mass is 178 g/mol. The summed E-state index contributed by atoms with van der Waals surface area (Å²) in [7, 11) is 2.97. The second-order valence-corrected chi connectivity index (χ2v) is 2.25. The standard InChI is InChI=1S/C9H10N2O2/c1-12-9-6-4-3-5-8(9)11(7-10)13-2/h3-6H,1-2H3. The summed E-state index contributed by atoms with van der Waals surface area (Å²) in [4.78, 5) is 4.82. The Balaban J connectivity index is 3.05. The zero-order chi connectivity index (χ0) is 9.68. The Bertz CT molecular complexity index is 320. The van der Waals surface area contributed by atoms with E-state index in [1.165, 1.54) is 7.11 Å². The summed E-state index contributed by atoms with van der Waals surface area (Å²) in [6.07, 6.45) is 1.87. The molecule has 4 heteroatoms. The van der Waals surface area contributed by atoms with Crippen LogP contribution in [0.1, 0.15) is 0 Å². The van der Waals surface area contributed by atoms with Gasteiger partial charge in [-0.25, -0.2) is 0 Å². The van der Waals surface area contributed by atoms with Crippen molar-refractivity contribution in [2.24, 2.45) is 0 Å². The third-order valence-electron chi connectivity index (χ3n) is 1.58. The summed E-state index contributed by atoms with van der Waals surface area (Å²) in [6, 6.07) is 7.14. The maximum Gasteiger partial charge on any atom is 0.210 e. The number of ether oxygens (including phenoxy) is 1. The van der Waals surface area contributed by atoms with Gasteiger partial charge in [-0.2, -0.15) is 10.3 Å². The lowest BCUT2D eigenvalue weighted by atomic mass is 10.3. The van der Waals surface area contributed by atoms with Gasteiger partial charge in [0.2, 0.25) is 6.19 Å². The van der Waals surface area contributed by atoms with Gasteiger partial charge in [-0.15, -0.1) is 0 Å². The van der Waals surface area contributed by atoms with Crippen molar-refractivity contribution < 1.29 is 9.57 Å². The van der Waals surface area contributed by atoms with E-state index in [1.54, 1.807) is 25.3 Å². The van der Waals surface area contributed by atoms with Crippen LogP contribution in [0.25, 0.3) is 0 Å². The van der Waals surface area contributed by atoms with Gasteiger partial charge in [0.05, 0.1) is 14.2 Å². The van der Waals surface area contributed by atoms with Crippen molar-refractivity contribution in [3.8, 4) is 11.9 Å². The number of hydroxylamine groups is 1. The smallest absolute Gasteiger partial charge is 0.210 e. The average molecular weight is 178 g/mol. The van der Waals surface area contributed by atoms with Gasteiger partial charge in [-0.3, -0.25) is 4.84 Å². The van der Waals surface area contributed by atoms with Crippen molar-refractivity contribution in [3.05, 3.63) is 24.3 Å². The minimum Gasteiger partial charge on any atom is -0.494 e. The molecule has 0 aliphatic heterocycles. The first-order valence-corrected chi connectivity index (χ1v) is 3.70. The van der Waals surface area contributed by atoms with Gasteiger partial charge in [-0.05, 0) is 12.1 Å². The molecule has 0 fully saturated rings. The fraction of sp³-hybridized carbons (Fsp3) is 0.222. The normalized spacial score (nSPS) is 9.00. The number of nitriles is 1. The van der Waals surface area contributed by atoms with E-state index >= 15 is 0 Å². The lowest BCUT2D eigenvalue weighted by molar-refractivity contribution is 0.200. The van der Waals surface area contributed by atoms with E-state index in [-0.39, 0.29) is 0 Å². The summed E-state index contributed by atoms with van der Waals surface area (Å²) in [6.45, 7) is 0. The summed E-state index contributed by atoms with van der Waals surface area (Å²) in [5.74, 6) is 0.603. The van der Waals surface area contributed by atoms with Crippen molar-refractivity contribution in [2.75, 3.05) is 19.3 Å². The van der Waals surface area contributed by atoms with Crippen molar-refractivity contribution in [3.63, 3.8) is 0 Å². The Morgan fingerprint density at radius 2 is 2.00 bits per heavy atom. The topological polar surface area (TPSA) is 45.5 Å². The number of hydrogen-bond acceptors (Lipinski definition) is 4. The van der Waals surface area contributed by atoms with Crippen LogP contribution in [0.5, 0.6) is 5.75 Å². The quantitative estimate of drug-likeness (QED) is 0.400. The van der Waals surface area contributed by atoms with E-state index in [0.29, 0.717) is 11.4 Å². The third kappa shape index (κ3) is 1.89. The molecular weight excluding hydrogens is 168 g/mol. The van der Waals surface area contributed by atoms with Crippen LogP contribution >= 0.6 is 0 Å². The lowest BCUT2D eigenvalue weighted by Gasteiger charge is -2.14. The van der Waals surface area contributed by atoms with E-state index in [4.69, 9.17) is 14.8 Å². The van der Waals surface area contributed by atoms with E-state index in [2.05, 4.69) is 0 Å². The second-order valence-electron chi connectivity index (χ2n) is 2.25. The lowest BCUT2D eigenvalue weighted by Crippen LogP contribution is -2.14. The molecule has 0 atom stereocenters. The molecule has 0 amide bonds. The molecule has 1 aromatic rings. The van der Waals surface area contributed by atoms with Crippen LogP contribution in [0.4, 0.5) is 5.69 Å². The van der Waals surface area contributed by atoms with Crippen LogP contribution in [-0.2, 0) is 4.84 Å². The molecule has 0 aromatic heterocycles. The zero-order valence-electron chi connectivity index (χ0n) is 7.52. The first-order chi connectivity index (χ1) is 6.33. The molecule has 0 radical (unpaired) electrons. The van der Waals surface area contributed by atoms with Crippen molar-refractivity contribution in [2.45, 2.75) is 0 Å². The first-order valence-electron chi connectivity index (χ1n) is 3.70. The third-order valence-corrected chi connectivity index (χ3v) is 1.58. The fourth-order valence-corrected chi connectivity index (χ4v) is 0.991. The van der Waals surface area contributed by atoms with Crippen LogP contribution in [0.2, 0.25) is 0 Å². The molecule has 0 spiro atoms. The second kappa shape index (κ2) is 4.33. The van der Waals surface area contributed by atoms with Gasteiger partial charge in [0, 0.05) is 0 Å². The van der Waals surface area contributed by atoms with Gasteiger partial charge in [0.1, 0.15) is 11.4 Å². The molecule has 0 aliphatic rings. The highest BCUT2D eigenvalue weighted by Gasteiger charge is 2.09. The van der Waals surface area contributed by atoms with Crippen LogP contribution in [0.15, 0.2) is 24.3 Å². The number of para-hydroxylation sites is 2. The van der Waals surface area contributed by atoms with Crippen molar-refractivity contribution >= 4 is 5.69 Å². The Hall–Kier alpha value is -1.73. The van der Waals surface area contributed by atoms with Crippen molar-refractivity contribution in [1.29, 1.82) is 5.26 Å². The highest BCUT2D eigenvalue weighted by atomic mass is 16.7. The van der Waals surface area contributed by atoms with Gasteiger partial charge in [-0.1, -0.05) is 12.1 Å². The minimum atomic E-state index is 0.593. The summed E-state index contributed by atoms with van der Waals surface area (Å²) in [5.41, 5.74) is 0.593. The van der Waals surface area contributed by atoms with Crippen LogP contribution < -0.4 is 9.80 Å². The molecule has 1 aromatic carbocycles. The average Bonchev–Trinajstić information content (AvgIpc) is 2.20. The predicted octanol–water partition coefficient (Wildman–Crippen LogP) is 1.54. The molecule has 4 nitrogen and oxygen atoms in total. The maximum absolute atomic E-state index is 8.69. The Morgan fingerprint density at radius 1 is 1.31 bits per heavy atom. The number of nitrogens with zero attached hydrogens (tertiary/aromatic N) is 2. The van der Waals surface area contributed by atoms with E-state index < -0.39 is 0 Å². The summed E-state index contributed by atoms with van der Waals surface area (Å²) < 4.78 is 5.06. The van der Waals surface area contributed by atoms with Gasteiger partial charge < -0.3 is 4.74 Å². The molecule has 0 aliphatic carbocycles. The summed E-state index contributed by atoms with van der Waals surface area (Å²) >= 11 is 0. The van der Waals surface area contributed by atoms with E-state index in [1.807, 2.05) is 12.3 Å². The maximum atomic E-state index is 8.69. The number of anilines is 1. The van der Waals surface area contributed by atoms with E-state index in [0.717, 1.165) is 5.06 Å².